The van der Waals surface area contributed by atoms with E-state index < -0.39 is 0 Å². The minimum absolute atomic E-state index is 0.0120. The summed E-state index contributed by atoms with van der Waals surface area (Å²) >= 11 is 6.17. The third kappa shape index (κ3) is 5.83. The SMILES string of the molecule is Cc1ccc(Cl)cc1N1CCN(CCCNC(=O)N[C@@H]2COc3ccccc3C2)CC1. The van der Waals surface area contributed by atoms with E-state index in [9.17, 15) is 4.79 Å². The molecule has 2 aliphatic rings. The van der Waals surface area contributed by atoms with E-state index in [1.165, 1.54) is 11.3 Å². The number of nitrogens with one attached hydrogen (secondary N) is 2. The highest BCUT2D eigenvalue weighted by atomic mass is 35.5. The fourth-order valence-corrected chi connectivity index (χ4v) is 4.46. The first kappa shape index (κ1) is 21.8. The summed E-state index contributed by atoms with van der Waals surface area (Å²) in [6, 6.07) is 14.0. The molecule has 2 amide bonds. The van der Waals surface area contributed by atoms with E-state index in [-0.39, 0.29) is 12.1 Å². The monoisotopic (exact) mass is 442 g/mol. The number of carbonyl (C=O) groups excluding carboxylic acids is 1. The van der Waals surface area contributed by atoms with Gasteiger partial charge in [-0.1, -0.05) is 35.9 Å². The molecule has 1 atom stereocenters. The fraction of sp³-hybridized carbons (Fsp3) is 0.458. The Morgan fingerprint density at radius 1 is 1.16 bits per heavy atom. The van der Waals surface area contributed by atoms with Crippen molar-refractivity contribution >= 4 is 23.3 Å². The Balaban J connectivity index is 1.12. The molecule has 0 saturated carbocycles. The zero-order valence-electron chi connectivity index (χ0n) is 18.1. The second kappa shape index (κ2) is 10.2. The van der Waals surface area contributed by atoms with Crippen LogP contribution in [0, 0.1) is 6.92 Å². The van der Waals surface area contributed by atoms with Crippen molar-refractivity contribution in [2.45, 2.75) is 25.8 Å². The number of aryl methyl sites for hydroxylation is 1. The minimum Gasteiger partial charge on any atom is -0.491 e. The largest absolute Gasteiger partial charge is 0.491 e. The van der Waals surface area contributed by atoms with Gasteiger partial charge in [-0.15, -0.1) is 0 Å². The first-order valence-corrected chi connectivity index (χ1v) is 11.4. The van der Waals surface area contributed by atoms with Crippen molar-refractivity contribution in [3.05, 3.63) is 58.6 Å². The van der Waals surface area contributed by atoms with Crippen LogP contribution in [0.4, 0.5) is 10.5 Å². The predicted octanol–water partition coefficient (Wildman–Crippen LogP) is 3.46. The third-order valence-corrected chi connectivity index (χ3v) is 6.27. The van der Waals surface area contributed by atoms with Crippen molar-refractivity contribution in [1.82, 2.24) is 15.5 Å². The Bertz CT molecular complexity index is 899. The summed E-state index contributed by atoms with van der Waals surface area (Å²) in [5.74, 6) is 0.923. The minimum atomic E-state index is -0.116. The van der Waals surface area contributed by atoms with Gasteiger partial charge in [-0.25, -0.2) is 4.79 Å². The molecule has 4 rings (SSSR count). The Kier molecular flexibility index (Phi) is 7.20. The number of para-hydroxylation sites is 1. The number of anilines is 1. The number of hydrogen-bond donors (Lipinski definition) is 2. The Hall–Kier alpha value is -2.44. The summed E-state index contributed by atoms with van der Waals surface area (Å²) in [7, 11) is 0. The van der Waals surface area contributed by atoms with E-state index in [0.717, 1.165) is 61.9 Å². The van der Waals surface area contributed by atoms with Crippen LogP contribution in [0.1, 0.15) is 17.5 Å². The van der Waals surface area contributed by atoms with Crippen molar-refractivity contribution < 1.29 is 9.53 Å². The van der Waals surface area contributed by atoms with Gasteiger partial charge >= 0.3 is 6.03 Å². The van der Waals surface area contributed by atoms with Crippen molar-refractivity contribution in [1.29, 1.82) is 0 Å². The lowest BCUT2D eigenvalue weighted by atomic mass is 10.0. The van der Waals surface area contributed by atoms with Crippen LogP contribution in [0.25, 0.3) is 0 Å². The zero-order valence-corrected chi connectivity index (χ0v) is 18.8. The van der Waals surface area contributed by atoms with Crippen LogP contribution in [0.5, 0.6) is 5.75 Å². The maximum atomic E-state index is 12.2. The molecule has 2 aromatic carbocycles. The van der Waals surface area contributed by atoms with Gasteiger partial charge in [-0.3, -0.25) is 4.90 Å². The fourth-order valence-electron chi connectivity index (χ4n) is 4.30. The molecule has 2 aliphatic heterocycles. The third-order valence-electron chi connectivity index (χ3n) is 6.03. The number of nitrogens with zero attached hydrogens (tertiary/aromatic N) is 2. The van der Waals surface area contributed by atoms with Gasteiger partial charge in [0.15, 0.2) is 0 Å². The quantitative estimate of drug-likeness (QED) is 0.672. The summed E-state index contributed by atoms with van der Waals surface area (Å²) in [5, 5.41) is 6.80. The van der Waals surface area contributed by atoms with Crippen molar-refractivity contribution in [3.8, 4) is 5.75 Å². The highest BCUT2D eigenvalue weighted by molar-refractivity contribution is 6.30. The number of ether oxygens (including phenoxy) is 1. The molecule has 0 spiro atoms. The Labute approximate surface area is 189 Å². The van der Waals surface area contributed by atoms with Gasteiger partial charge in [-0.05, 0) is 55.6 Å². The molecule has 0 radical (unpaired) electrons. The smallest absolute Gasteiger partial charge is 0.315 e. The Morgan fingerprint density at radius 3 is 2.81 bits per heavy atom. The number of rotatable bonds is 6. The molecule has 31 heavy (non-hydrogen) atoms. The lowest BCUT2D eigenvalue weighted by Gasteiger charge is -2.37. The van der Waals surface area contributed by atoms with Gasteiger partial charge in [0.25, 0.3) is 0 Å². The molecule has 0 unspecified atom stereocenters. The van der Waals surface area contributed by atoms with Gasteiger partial charge in [0.2, 0.25) is 0 Å². The molecular weight excluding hydrogens is 412 g/mol. The summed E-state index contributed by atoms with van der Waals surface area (Å²) in [5.41, 5.74) is 3.64. The highest BCUT2D eigenvalue weighted by Crippen LogP contribution is 2.25. The average Bonchev–Trinajstić information content (AvgIpc) is 2.79. The molecule has 0 aromatic heterocycles. The van der Waals surface area contributed by atoms with E-state index in [2.05, 4.69) is 45.6 Å². The van der Waals surface area contributed by atoms with Crippen LogP contribution < -0.4 is 20.3 Å². The molecule has 1 saturated heterocycles. The van der Waals surface area contributed by atoms with E-state index >= 15 is 0 Å². The van der Waals surface area contributed by atoms with Crippen LogP contribution in [0.15, 0.2) is 42.5 Å². The molecule has 1 fully saturated rings. The van der Waals surface area contributed by atoms with Crippen LogP contribution >= 0.6 is 11.6 Å². The van der Waals surface area contributed by atoms with Gasteiger partial charge < -0.3 is 20.3 Å². The second-order valence-electron chi connectivity index (χ2n) is 8.33. The van der Waals surface area contributed by atoms with Crippen LogP contribution in [-0.4, -0.2) is 62.8 Å². The maximum absolute atomic E-state index is 12.2. The second-order valence-corrected chi connectivity index (χ2v) is 8.77. The summed E-state index contributed by atoms with van der Waals surface area (Å²) < 4.78 is 5.74. The molecule has 6 nitrogen and oxygen atoms in total. The number of piperazine rings is 1. The maximum Gasteiger partial charge on any atom is 0.315 e. The van der Waals surface area contributed by atoms with Gasteiger partial charge in [0.1, 0.15) is 12.4 Å². The normalized spacial score (nSPS) is 18.8. The molecule has 7 heteroatoms. The number of amides is 2. The van der Waals surface area contributed by atoms with Crippen molar-refractivity contribution in [2.24, 2.45) is 0 Å². The zero-order chi connectivity index (χ0) is 21.6. The standard InChI is InChI=1S/C24H31ClN4O2/c1-18-7-8-20(25)16-22(18)29-13-11-28(12-14-29)10-4-9-26-24(30)27-21-15-19-5-2-3-6-23(19)31-17-21/h2-3,5-8,16,21H,4,9-15,17H2,1H3,(H2,26,27,30)/t21-/m0/s1. The lowest BCUT2D eigenvalue weighted by Crippen LogP contribution is -2.48. The number of fused-ring (bicyclic) bond motifs is 1. The van der Waals surface area contributed by atoms with Crippen LogP contribution in [0.2, 0.25) is 5.02 Å². The predicted molar refractivity (Wildman–Crippen MR) is 125 cm³/mol. The number of benzene rings is 2. The van der Waals surface area contributed by atoms with Crippen molar-refractivity contribution in [3.63, 3.8) is 0 Å². The number of carbonyl (C=O) groups is 1. The van der Waals surface area contributed by atoms with E-state index in [0.29, 0.717) is 13.2 Å². The molecule has 2 N–H and O–H groups in total. The highest BCUT2D eigenvalue weighted by Gasteiger charge is 2.21. The number of halogens is 1. The van der Waals surface area contributed by atoms with Crippen LogP contribution in [-0.2, 0) is 6.42 Å². The summed E-state index contributed by atoms with van der Waals surface area (Å²) in [4.78, 5) is 17.1. The van der Waals surface area contributed by atoms with Gasteiger partial charge in [-0.2, -0.15) is 0 Å². The van der Waals surface area contributed by atoms with Crippen molar-refractivity contribution in [2.75, 3.05) is 50.8 Å². The van der Waals surface area contributed by atoms with E-state index in [1.54, 1.807) is 0 Å². The lowest BCUT2D eigenvalue weighted by molar-refractivity contribution is 0.213. The molecular formula is C24H31ClN4O2. The van der Waals surface area contributed by atoms with E-state index in [1.807, 2.05) is 24.3 Å². The summed E-state index contributed by atoms with van der Waals surface area (Å²) in [6.45, 7) is 8.35. The number of hydrogen-bond acceptors (Lipinski definition) is 4. The van der Waals surface area contributed by atoms with Crippen LogP contribution in [0.3, 0.4) is 0 Å². The molecule has 0 bridgehead atoms. The molecule has 2 aromatic rings. The molecule has 166 valence electrons. The first-order chi connectivity index (χ1) is 15.1. The average molecular weight is 443 g/mol. The molecule has 2 heterocycles. The Morgan fingerprint density at radius 2 is 1.97 bits per heavy atom. The summed E-state index contributed by atoms with van der Waals surface area (Å²) in [6.07, 6.45) is 1.74. The first-order valence-electron chi connectivity index (χ1n) is 11.1. The number of urea groups is 1. The van der Waals surface area contributed by atoms with Gasteiger partial charge in [0, 0.05) is 43.4 Å². The van der Waals surface area contributed by atoms with E-state index in [4.69, 9.17) is 16.3 Å². The van der Waals surface area contributed by atoms with Gasteiger partial charge in [0.05, 0.1) is 6.04 Å². The topological polar surface area (TPSA) is 56.8 Å². The molecule has 0 aliphatic carbocycles.